The van der Waals surface area contributed by atoms with Gasteiger partial charge in [-0.15, -0.1) is 0 Å². The van der Waals surface area contributed by atoms with Gasteiger partial charge in [0.2, 0.25) is 0 Å². The number of carbonyl (C=O) groups excluding carboxylic acids is 1. The van der Waals surface area contributed by atoms with Crippen LogP contribution in [-0.2, 0) is 11.3 Å². The number of nitrogens with one attached hydrogen (secondary N) is 1. The van der Waals surface area contributed by atoms with Crippen LogP contribution in [0, 0.1) is 10.1 Å². The maximum atomic E-state index is 12.2. The van der Waals surface area contributed by atoms with Gasteiger partial charge in [-0.3, -0.25) is 10.1 Å². The highest BCUT2D eigenvalue weighted by Gasteiger charge is 2.32. The molecule has 0 aliphatic carbocycles. The van der Waals surface area contributed by atoms with E-state index in [1.807, 2.05) is 13.8 Å². The maximum Gasteiger partial charge on any atom is 0.317 e. The van der Waals surface area contributed by atoms with Gasteiger partial charge in [0.15, 0.2) is 0 Å². The Morgan fingerprint density at radius 2 is 2.14 bits per heavy atom. The molecule has 0 spiro atoms. The first kappa shape index (κ1) is 16.2. The van der Waals surface area contributed by atoms with Crippen LogP contribution in [0.3, 0.4) is 0 Å². The summed E-state index contributed by atoms with van der Waals surface area (Å²) in [7, 11) is 0. The summed E-state index contributed by atoms with van der Waals surface area (Å²) in [5.41, 5.74) is 0.579. The van der Waals surface area contributed by atoms with Crippen LogP contribution in [0.4, 0.5) is 10.5 Å². The minimum atomic E-state index is -0.443. The van der Waals surface area contributed by atoms with Gasteiger partial charge in [-0.05, 0) is 18.9 Å². The Labute approximate surface area is 129 Å². The third-order valence-corrected chi connectivity index (χ3v) is 3.96. The quantitative estimate of drug-likeness (QED) is 0.683. The van der Waals surface area contributed by atoms with E-state index < -0.39 is 4.92 Å². The molecule has 1 atom stereocenters. The molecule has 1 saturated heterocycles. The van der Waals surface area contributed by atoms with E-state index in [0.29, 0.717) is 26.2 Å². The summed E-state index contributed by atoms with van der Waals surface area (Å²) < 4.78 is 5.71. The average Bonchev–Trinajstić information content (AvgIpc) is 2.53. The highest BCUT2D eigenvalue weighted by atomic mass is 16.6. The number of urea groups is 1. The second-order valence-corrected chi connectivity index (χ2v) is 5.66. The van der Waals surface area contributed by atoms with Crippen molar-refractivity contribution in [1.82, 2.24) is 10.2 Å². The number of morpholine rings is 1. The van der Waals surface area contributed by atoms with Gasteiger partial charge in [-0.2, -0.15) is 0 Å². The van der Waals surface area contributed by atoms with E-state index in [9.17, 15) is 14.9 Å². The van der Waals surface area contributed by atoms with Crippen LogP contribution in [0.1, 0.15) is 25.8 Å². The number of amides is 2. The van der Waals surface area contributed by atoms with E-state index in [4.69, 9.17) is 4.74 Å². The summed E-state index contributed by atoms with van der Waals surface area (Å²) >= 11 is 0. The topological polar surface area (TPSA) is 84.7 Å². The standard InChI is InChI=1S/C15H21N3O4/c1-3-15(2)11-17(8-9-22-15)14(19)16-10-12-4-6-13(7-5-12)18(20)21/h4-7H,3,8-11H2,1-2H3,(H,16,19)/t15-/m0/s1. The number of benzene rings is 1. The van der Waals surface area contributed by atoms with Crippen LogP contribution in [0.15, 0.2) is 24.3 Å². The Bertz CT molecular complexity index is 546. The predicted molar refractivity (Wildman–Crippen MR) is 81.6 cm³/mol. The van der Waals surface area contributed by atoms with Crippen molar-refractivity contribution in [1.29, 1.82) is 0 Å². The van der Waals surface area contributed by atoms with Crippen molar-refractivity contribution >= 4 is 11.7 Å². The van der Waals surface area contributed by atoms with Crippen molar-refractivity contribution in [2.45, 2.75) is 32.4 Å². The van der Waals surface area contributed by atoms with Crippen LogP contribution in [0.25, 0.3) is 0 Å². The third kappa shape index (κ3) is 3.94. The third-order valence-electron chi connectivity index (χ3n) is 3.96. The molecular formula is C15H21N3O4. The van der Waals surface area contributed by atoms with E-state index in [0.717, 1.165) is 12.0 Å². The first-order chi connectivity index (χ1) is 10.4. The number of carbonyl (C=O) groups is 1. The lowest BCUT2D eigenvalue weighted by Crippen LogP contribution is -2.54. The SMILES string of the molecule is CC[C@@]1(C)CN(C(=O)NCc2ccc([N+](=O)[O-])cc2)CCO1. The van der Waals surface area contributed by atoms with Gasteiger partial charge < -0.3 is 15.0 Å². The molecule has 0 aromatic heterocycles. The van der Waals surface area contributed by atoms with Gasteiger partial charge in [0.25, 0.3) is 5.69 Å². The molecule has 1 aromatic carbocycles. The molecule has 1 aromatic rings. The van der Waals surface area contributed by atoms with Gasteiger partial charge in [-0.1, -0.05) is 19.1 Å². The number of rotatable bonds is 4. The zero-order valence-corrected chi connectivity index (χ0v) is 12.9. The zero-order chi connectivity index (χ0) is 16.2. The number of nitro benzene ring substituents is 1. The largest absolute Gasteiger partial charge is 0.372 e. The van der Waals surface area contributed by atoms with Gasteiger partial charge >= 0.3 is 6.03 Å². The number of non-ortho nitro benzene ring substituents is 1. The Kier molecular flexibility index (Phi) is 4.97. The summed E-state index contributed by atoms with van der Waals surface area (Å²) in [6, 6.07) is 6.03. The van der Waals surface area contributed by atoms with Gasteiger partial charge in [-0.25, -0.2) is 4.79 Å². The molecule has 0 bridgehead atoms. The predicted octanol–water partition coefficient (Wildman–Crippen LogP) is 2.31. The monoisotopic (exact) mass is 307 g/mol. The summed E-state index contributed by atoms with van der Waals surface area (Å²) in [6.07, 6.45) is 0.846. The average molecular weight is 307 g/mol. The van der Waals surface area contributed by atoms with Crippen molar-refractivity contribution < 1.29 is 14.5 Å². The van der Waals surface area contributed by atoms with E-state index in [2.05, 4.69) is 5.32 Å². The molecule has 7 nitrogen and oxygen atoms in total. The molecule has 0 saturated carbocycles. The van der Waals surface area contributed by atoms with Crippen molar-refractivity contribution in [2.24, 2.45) is 0 Å². The molecule has 1 aliphatic heterocycles. The zero-order valence-electron chi connectivity index (χ0n) is 12.9. The number of nitro groups is 1. The van der Waals surface area contributed by atoms with Crippen molar-refractivity contribution in [3.8, 4) is 0 Å². The molecule has 0 radical (unpaired) electrons. The van der Waals surface area contributed by atoms with Gasteiger partial charge in [0.1, 0.15) is 0 Å². The highest BCUT2D eigenvalue weighted by Crippen LogP contribution is 2.21. The summed E-state index contributed by atoms with van der Waals surface area (Å²) in [4.78, 5) is 24.1. The lowest BCUT2D eigenvalue weighted by Gasteiger charge is -2.39. The molecule has 1 fully saturated rings. The van der Waals surface area contributed by atoms with Crippen LogP contribution < -0.4 is 5.32 Å². The van der Waals surface area contributed by atoms with Gasteiger partial charge in [0.05, 0.1) is 23.7 Å². The molecule has 120 valence electrons. The maximum absolute atomic E-state index is 12.2. The molecule has 2 amide bonds. The highest BCUT2D eigenvalue weighted by molar-refractivity contribution is 5.74. The normalized spacial score (nSPS) is 21.5. The molecule has 1 N–H and O–H groups in total. The first-order valence-corrected chi connectivity index (χ1v) is 7.33. The first-order valence-electron chi connectivity index (χ1n) is 7.33. The Morgan fingerprint density at radius 3 is 2.73 bits per heavy atom. The molecular weight excluding hydrogens is 286 g/mol. The number of ether oxygens (including phenoxy) is 1. The molecule has 1 aliphatic rings. The smallest absolute Gasteiger partial charge is 0.317 e. The van der Waals surface area contributed by atoms with Crippen LogP contribution >= 0.6 is 0 Å². The van der Waals surface area contributed by atoms with Crippen molar-refractivity contribution in [3.05, 3.63) is 39.9 Å². The van der Waals surface area contributed by atoms with Crippen molar-refractivity contribution in [2.75, 3.05) is 19.7 Å². The second kappa shape index (κ2) is 6.74. The van der Waals surface area contributed by atoms with E-state index in [-0.39, 0.29) is 17.3 Å². The molecule has 1 heterocycles. The lowest BCUT2D eigenvalue weighted by atomic mass is 10.0. The number of hydrogen-bond acceptors (Lipinski definition) is 4. The second-order valence-electron chi connectivity index (χ2n) is 5.66. The number of nitrogens with zero attached hydrogens (tertiary/aromatic N) is 2. The Balaban J connectivity index is 1.88. The Morgan fingerprint density at radius 1 is 1.45 bits per heavy atom. The molecule has 2 rings (SSSR count). The molecule has 22 heavy (non-hydrogen) atoms. The molecule has 0 unspecified atom stereocenters. The fraction of sp³-hybridized carbons (Fsp3) is 0.533. The van der Waals surface area contributed by atoms with E-state index in [1.54, 1.807) is 17.0 Å². The van der Waals surface area contributed by atoms with E-state index >= 15 is 0 Å². The van der Waals surface area contributed by atoms with Gasteiger partial charge in [0, 0.05) is 25.2 Å². The van der Waals surface area contributed by atoms with E-state index in [1.165, 1.54) is 12.1 Å². The fourth-order valence-electron chi connectivity index (χ4n) is 2.34. The minimum Gasteiger partial charge on any atom is -0.372 e. The lowest BCUT2D eigenvalue weighted by molar-refractivity contribution is -0.384. The minimum absolute atomic E-state index is 0.0435. The fourth-order valence-corrected chi connectivity index (χ4v) is 2.34. The summed E-state index contributed by atoms with van der Waals surface area (Å²) in [5.74, 6) is 0. The van der Waals surface area contributed by atoms with Crippen LogP contribution in [0.2, 0.25) is 0 Å². The number of hydrogen-bond donors (Lipinski definition) is 1. The van der Waals surface area contributed by atoms with Crippen LogP contribution in [0.5, 0.6) is 0 Å². The van der Waals surface area contributed by atoms with Crippen molar-refractivity contribution in [3.63, 3.8) is 0 Å². The van der Waals surface area contributed by atoms with Crippen LogP contribution in [-0.4, -0.2) is 41.2 Å². The Hall–Kier alpha value is -2.15. The molecule has 7 heteroatoms. The summed E-state index contributed by atoms with van der Waals surface area (Å²) in [5, 5.41) is 13.4. The summed E-state index contributed by atoms with van der Waals surface area (Å²) in [6.45, 7) is 6.06.